The Kier molecular flexibility index (Phi) is 3.46. The molecule has 1 aromatic carbocycles. The number of carbonyl (C=O) groups is 1. The van der Waals surface area contributed by atoms with E-state index in [1.165, 1.54) is 0 Å². The molecule has 0 saturated carbocycles. The van der Waals surface area contributed by atoms with Gasteiger partial charge in [-0.2, -0.15) is 0 Å². The van der Waals surface area contributed by atoms with Crippen molar-refractivity contribution < 1.29 is 9.90 Å². The Morgan fingerprint density at radius 1 is 1.40 bits per heavy atom. The number of imidazole rings is 1. The van der Waals surface area contributed by atoms with Crippen LogP contribution in [0.4, 0.5) is 0 Å². The van der Waals surface area contributed by atoms with Crippen molar-refractivity contribution in [2.45, 2.75) is 0 Å². The predicted octanol–water partition coefficient (Wildman–Crippen LogP) is 1.99. The van der Waals surface area contributed by atoms with Gasteiger partial charge in [0.2, 0.25) is 0 Å². The summed E-state index contributed by atoms with van der Waals surface area (Å²) in [6, 6.07) is 6.69. The van der Waals surface area contributed by atoms with Gasteiger partial charge < -0.3 is 9.67 Å². The Morgan fingerprint density at radius 3 is 2.80 bits per heavy atom. The van der Waals surface area contributed by atoms with Gasteiger partial charge in [-0.05, 0) is 18.2 Å². The van der Waals surface area contributed by atoms with E-state index in [0.717, 1.165) is 5.69 Å². The summed E-state index contributed by atoms with van der Waals surface area (Å²) in [7, 11) is 0. The van der Waals surface area contributed by atoms with Gasteiger partial charge in [0.25, 0.3) is 0 Å². The molecule has 0 radical (unpaired) electrons. The molecule has 78 valence electrons. The van der Waals surface area contributed by atoms with E-state index in [4.69, 9.17) is 5.11 Å². The molecule has 0 unspecified atom stereocenters. The number of carboxylic acids is 1. The van der Waals surface area contributed by atoms with Crippen LogP contribution < -0.4 is 0 Å². The molecular formula is C10H9ClN2O2. The van der Waals surface area contributed by atoms with Crippen molar-refractivity contribution in [2.24, 2.45) is 0 Å². The highest BCUT2D eigenvalue weighted by Crippen LogP contribution is 2.09. The Balaban J connectivity index is 0.00000112. The largest absolute Gasteiger partial charge is 0.478 e. The van der Waals surface area contributed by atoms with E-state index in [1.807, 2.05) is 6.07 Å². The van der Waals surface area contributed by atoms with E-state index in [2.05, 4.69) is 4.98 Å². The molecule has 0 bridgehead atoms. The van der Waals surface area contributed by atoms with E-state index >= 15 is 0 Å². The fourth-order valence-electron chi connectivity index (χ4n) is 1.21. The molecule has 0 amide bonds. The standard InChI is InChI=1S/C10H8N2O2.ClH/c13-10(14)8-2-1-3-9(6-8)12-5-4-11-7-12;/h1-7H,(H,13,14);1H. The molecule has 0 atom stereocenters. The minimum absolute atomic E-state index is 0. The first-order chi connectivity index (χ1) is 6.77. The van der Waals surface area contributed by atoms with E-state index in [1.54, 1.807) is 41.5 Å². The number of hydrogen-bond donors (Lipinski definition) is 1. The van der Waals surface area contributed by atoms with E-state index in [0.29, 0.717) is 0 Å². The van der Waals surface area contributed by atoms with Gasteiger partial charge in [-0.1, -0.05) is 6.07 Å². The second-order valence-electron chi connectivity index (χ2n) is 2.83. The fourth-order valence-corrected chi connectivity index (χ4v) is 1.21. The lowest BCUT2D eigenvalue weighted by molar-refractivity contribution is 0.0697. The molecule has 1 N–H and O–H groups in total. The SMILES string of the molecule is Cl.O=C(O)c1cccc(-n2ccnc2)c1. The number of aromatic carboxylic acids is 1. The van der Waals surface area contributed by atoms with E-state index in [9.17, 15) is 4.79 Å². The number of nitrogens with zero attached hydrogens (tertiary/aromatic N) is 2. The highest BCUT2D eigenvalue weighted by Gasteiger charge is 2.03. The molecular weight excluding hydrogens is 216 g/mol. The summed E-state index contributed by atoms with van der Waals surface area (Å²) in [6.07, 6.45) is 5.04. The van der Waals surface area contributed by atoms with Crippen LogP contribution in [0, 0.1) is 0 Å². The quantitative estimate of drug-likeness (QED) is 0.849. The van der Waals surface area contributed by atoms with Crippen LogP contribution in [0.3, 0.4) is 0 Å². The van der Waals surface area contributed by atoms with Gasteiger partial charge in [0.05, 0.1) is 11.9 Å². The van der Waals surface area contributed by atoms with Crippen LogP contribution in [-0.4, -0.2) is 20.6 Å². The molecule has 0 aliphatic rings. The minimum atomic E-state index is -0.924. The van der Waals surface area contributed by atoms with Crippen molar-refractivity contribution in [3.8, 4) is 5.69 Å². The molecule has 0 saturated heterocycles. The highest BCUT2D eigenvalue weighted by atomic mass is 35.5. The van der Waals surface area contributed by atoms with Gasteiger partial charge in [0.15, 0.2) is 0 Å². The Morgan fingerprint density at radius 2 is 2.20 bits per heavy atom. The molecule has 5 heteroatoms. The molecule has 0 spiro atoms. The van der Waals surface area contributed by atoms with Crippen LogP contribution in [0.5, 0.6) is 0 Å². The van der Waals surface area contributed by atoms with E-state index in [-0.39, 0.29) is 18.0 Å². The smallest absolute Gasteiger partial charge is 0.335 e. The minimum Gasteiger partial charge on any atom is -0.478 e. The van der Waals surface area contributed by atoms with Crippen molar-refractivity contribution in [1.82, 2.24) is 9.55 Å². The van der Waals surface area contributed by atoms with Crippen LogP contribution >= 0.6 is 12.4 Å². The first kappa shape index (κ1) is 11.3. The summed E-state index contributed by atoms with van der Waals surface area (Å²) < 4.78 is 1.76. The maximum atomic E-state index is 10.7. The second kappa shape index (κ2) is 4.61. The average molecular weight is 225 g/mol. The lowest BCUT2D eigenvalue weighted by Crippen LogP contribution is -1.98. The Labute approximate surface area is 92.6 Å². The number of rotatable bonds is 2. The summed E-state index contributed by atoms with van der Waals surface area (Å²) in [4.78, 5) is 14.6. The number of benzene rings is 1. The predicted molar refractivity (Wildman–Crippen MR) is 57.8 cm³/mol. The molecule has 4 nitrogen and oxygen atoms in total. The summed E-state index contributed by atoms with van der Waals surface area (Å²) in [5.41, 5.74) is 1.07. The first-order valence-electron chi connectivity index (χ1n) is 4.09. The zero-order valence-electron chi connectivity index (χ0n) is 7.70. The zero-order chi connectivity index (χ0) is 9.97. The molecule has 2 rings (SSSR count). The van der Waals surface area contributed by atoms with E-state index < -0.39 is 5.97 Å². The number of halogens is 1. The van der Waals surface area contributed by atoms with Crippen molar-refractivity contribution >= 4 is 18.4 Å². The first-order valence-corrected chi connectivity index (χ1v) is 4.09. The molecule has 0 aliphatic heterocycles. The van der Waals surface area contributed by atoms with Gasteiger partial charge in [0.1, 0.15) is 0 Å². The normalized spacial score (nSPS) is 9.33. The number of aromatic nitrogens is 2. The van der Waals surface area contributed by atoms with Gasteiger partial charge in [0, 0.05) is 18.1 Å². The topological polar surface area (TPSA) is 55.1 Å². The Hall–Kier alpha value is -1.81. The summed E-state index contributed by atoms with van der Waals surface area (Å²) in [5, 5.41) is 8.78. The van der Waals surface area contributed by atoms with Gasteiger partial charge in [-0.3, -0.25) is 0 Å². The molecule has 1 heterocycles. The zero-order valence-corrected chi connectivity index (χ0v) is 8.52. The third kappa shape index (κ3) is 2.35. The second-order valence-corrected chi connectivity index (χ2v) is 2.83. The van der Waals surface area contributed by atoms with Crippen molar-refractivity contribution in [2.75, 3.05) is 0 Å². The molecule has 1 aromatic heterocycles. The third-order valence-electron chi connectivity index (χ3n) is 1.90. The molecule has 0 aliphatic carbocycles. The summed E-state index contributed by atoms with van der Waals surface area (Å²) >= 11 is 0. The van der Waals surface area contributed by atoms with Gasteiger partial charge in [-0.25, -0.2) is 9.78 Å². The fraction of sp³-hybridized carbons (Fsp3) is 0. The van der Waals surface area contributed by atoms with Crippen LogP contribution in [0.25, 0.3) is 5.69 Å². The lowest BCUT2D eigenvalue weighted by Gasteiger charge is -2.02. The number of hydrogen-bond acceptors (Lipinski definition) is 2. The molecule has 0 fully saturated rings. The van der Waals surface area contributed by atoms with Crippen LogP contribution in [0.15, 0.2) is 43.0 Å². The Bertz CT molecular complexity index is 454. The van der Waals surface area contributed by atoms with Crippen molar-refractivity contribution in [1.29, 1.82) is 0 Å². The maximum Gasteiger partial charge on any atom is 0.335 e. The van der Waals surface area contributed by atoms with Crippen molar-refractivity contribution in [3.63, 3.8) is 0 Å². The van der Waals surface area contributed by atoms with Crippen LogP contribution in [0.1, 0.15) is 10.4 Å². The lowest BCUT2D eigenvalue weighted by atomic mass is 10.2. The van der Waals surface area contributed by atoms with Crippen LogP contribution in [-0.2, 0) is 0 Å². The molecule has 2 aromatic rings. The summed E-state index contributed by atoms with van der Waals surface area (Å²) in [5.74, 6) is -0.924. The maximum absolute atomic E-state index is 10.7. The van der Waals surface area contributed by atoms with Gasteiger partial charge >= 0.3 is 5.97 Å². The van der Waals surface area contributed by atoms with Gasteiger partial charge in [-0.15, -0.1) is 12.4 Å². The monoisotopic (exact) mass is 224 g/mol. The number of carboxylic acid groups (broad SMARTS) is 1. The summed E-state index contributed by atoms with van der Waals surface area (Å²) in [6.45, 7) is 0. The third-order valence-corrected chi connectivity index (χ3v) is 1.90. The van der Waals surface area contributed by atoms with Crippen LogP contribution in [0.2, 0.25) is 0 Å². The molecule has 15 heavy (non-hydrogen) atoms. The van der Waals surface area contributed by atoms with Crippen molar-refractivity contribution in [3.05, 3.63) is 48.5 Å². The highest BCUT2D eigenvalue weighted by molar-refractivity contribution is 5.88. The average Bonchev–Trinajstić information content (AvgIpc) is 2.71.